The van der Waals surface area contributed by atoms with Crippen molar-refractivity contribution in [1.82, 2.24) is 9.78 Å². The highest BCUT2D eigenvalue weighted by Gasteiger charge is 2.11. The summed E-state index contributed by atoms with van der Waals surface area (Å²) in [5.41, 5.74) is 1.27. The molecular weight excluding hydrogens is 288 g/mol. The zero-order chi connectivity index (χ0) is 16.1. The quantitative estimate of drug-likeness (QED) is 0.767. The highest BCUT2D eigenvalue weighted by molar-refractivity contribution is 6.03. The molecule has 1 aromatic carbocycles. The summed E-state index contributed by atoms with van der Waals surface area (Å²) in [7, 11) is 0. The summed E-state index contributed by atoms with van der Waals surface area (Å²) in [6, 6.07) is 8.01. The summed E-state index contributed by atoms with van der Waals surface area (Å²) in [6.45, 7) is 1.10. The number of carbonyl (C=O) groups is 3. The Morgan fingerprint density at radius 2 is 1.68 bits per heavy atom. The number of nitrogens with zero attached hydrogens (tertiary/aromatic N) is 2. The Balaban J connectivity index is 2.00. The predicted octanol–water partition coefficient (Wildman–Crippen LogP) is 1.18. The minimum absolute atomic E-state index is 0.118. The van der Waals surface area contributed by atoms with Crippen molar-refractivity contribution in [3.05, 3.63) is 42.2 Å². The highest BCUT2D eigenvalue weighted by atomic mass is 16.4. The number of hydrogen-bond acceptors (Lipinski definition) is 4. The van der Waals surface area contributed by atoms with Crippen LogP contribution >= 0.6 is 0 Å². The monoisotopic (exact) mass is 302 g/mol. The molecule has 8 heteroatoms. The van der Waals surface area contributed by atoms with Gasteiger partial charge in [-0.3, -0.25) is 19.1 Å². The highest BCUT2D eigenvalue weighted by Crippen LogP contribution is 2.14. The molecule has 0 aliphatic heterocycles. The van der Waals surface area contributed by atoms with Crippen LogP contribution in [0.2, 0.25) is 0 Å². The number of amides is 2. The van der Waals surface area contributed by atoms with Crippen LogP contribution in [0.25, 0.3) is 0 Å². The van der Waals surface area contributed by atoms with Gasteiger partial charge in [-0.25, -0.2) is 0 Å². The van der Waals surface area contributed by atoms with E-state index in [4.69, 9.17) is 5.11 Å². The molecule has 2 aromatic rings. The van der Waals surface area contributed by atoms with E-state index in [1.54, 1.807) is 24.3 Å². The molecule has 0 aliphatic carbocycles. The Labute approximate surface area is 125 Å². The summed E-state index contributed by atoms with van der Waals surface area (Å²) >= 11 is 0. The number of rotatable bonds is 5. The molecular formula is C14H14N4O4. The van der Waals surface area contributed by atoms with Crippen LogP contribution in [0, 0.1) is 0 Å². The number of carboxylic acid groups (broad SMARTS) is 1. The maximum atomic E-state index is 12.0. The van der Waals surface area contributed by atoms with Crippen molar-refractivity contribution in [1.29, 1.82) is 0 Å². The molecule has 3 N–H and O–H groups in total. The van der Waals surface area contributed by atoms with Crippen molar-refractivity contribution >= 4 is 29.2 Å². The first-order chi connectivity index (χ1) is 10.4. The Morgan fingerprint density at radius 3 is 2.23 bits per heavy atom. The summed E-state index contributed by atoms with van der Waals surface area (Å²) < 4.78 is 1.16. The van der Waals surface area contributed by atoms with Crippen molar-refractivity contribution in [3.8, 4) is 0 Å². The number of aliphatic carboxylic acids is 1. The molecule has 8 nitrogen and oxygen atoms in total. The van der Waals surface area contributed by atoms with Crippen LogP contribution in [-0.2, 0) is 16.1 Å². The van der Waals surface area contributed by atoms with Gasteiger partial charge in [0.2, 0.25) is 5.91 Å². The Hall–Kier alpha value is -3.16. The lowest BCUT2D eigenvalue weighted by Gasteiger charge is -2.05. The number of carboxylic acids is 1. The van der Waals surface area contributed by atoms with E-state index < -0.39 is 11.9 Å². The normalized spacial score (nSPS) is 10.0. The zero-order valence-corrected chi connectivity index (χ0v) is 11.7. The van der Waals surface area contributed by atoms with Gasteiger partial charge in [0, 0.05) is 24.5 Å². The van der Waals surface area contributed by atoms with E-state index in [1.165, 1.54) is 19.2 Å². The van der Waals surface area contributed by atoms with Gasteiger partial charge in [-0.15, -0.1) is 0 Å². The van der Waals surface area contributed by atoms with E-state index in [0.29, 0.717) is 11.4 Å². The van der Waals surface area contributed by atoms with Gasteiger partial charge < -0.3 is 15.7 Å². The van der Waals surface area contributed by atoms with E-state index in [0.717, 1.165) is 4.68 Å². The van der Waals surface area contributed by atoms with Gasteiger partial charge in [-0.05, 0) is 30.3 Å². The summed E-state index contributed by atoms with van der Waals surface area (Å²) in [4.78, 5) is 33.4. The largest absolute Gasteiger partial charge is 0.480 e. The maximum absolute atomic E-state index is 12.0. The molecule has 2 rings (SSSR count). The molecule has 0 saturated heterocycles. The van der Waals surface area contributed by atoms with E-state index in [-0.39, 0.29) is 18.1 Å². The molecule has 2 amide bonds. The van der Waals surface area contributed by atoms with Crippen LogP contribution in [-0.4, -0.2) is 32.7 Å². The lowest BCUT2D eigenvalue weighted by Crippen LogP contribution is -2.15. The number of aromatic nitrogens is 2. The fraction of sp³-hybridized carbons (Fsp3) is 0.143. The molecule has 0 unspecified atom stereocenters. The van der Waals surface area contributed by atoms with Crippen LogP contribution in [0.5, 0.6) is 0 Å². The van der Waals surface area contributed by atoms with Crippen molar-refractivity contribution in [2.75, 3.05) is 10.6 Å². The molecule has 0 fully saturated rings. The van der Waals surface area contributed by atoms with Gasteiger partial charge in [0.15, 0.2) is 5.69 Å². The summed E-state index contributed by atoms with van der Waals surface area (Å²) in [6.07, 6.45) is 1.42. The molecule has 0 aliphatic rings. The average Bonchev–Trinajstić information content (AvgIpc) is 2.88. The molecule has 0 saturated carbocycles. The van der Waals surface area contributed by atoms with Crippen LogP contribution in [0.15, 0.2) is 36.5 Å². The van der Waals surface area contributed by atoms with E-state index in [2.05, 4.69) is 15.7 Å². The van der Waals surface area contributed by atoms with Crippen LogP contribution in [0.3, 0.4) is 0 Å². The van der Waals surface area contributed by atoms with Gasteiger partial charge in [0.1, 0.15) is 6.54 Å². The van der Waals surface area contributed by atoms with Gasteiger partial charge in [0.25, 0.3) is 5.91 Å². The van der Waals surface area contributed by atoms with Crippen LogP contribution in [0.1, 0.15) is 17.4 Å². The van der Waals surface area contributed by atoms with Gasteiger partial charge in [0.05, 0.1) is 0 Å². The number of nitrogens with one attached hydrogen (secondary N) is 2. The molecule has 0 spiro atoms. The smallest absolute Gasteiger partial charge is 0.325 e. The molecule has 22 heavy (non-hydrogen) atoms. The van der Waals surface area contributed by atoms with Crippen molar-refractivity contribution < 1.29 is 19.5 Å². The first-order valence-corrected chi connectivity index (χ1v) is 6.38. The first kappa shape index (κ1) is 15.2. The van der Waals surface area contributed by atoms with E-state index in [1.807, 2.05) is 0 Å². The number of carbonyl (C=O) groups excluding carboxylic acids is 2. The van der Waals surface area contributed by atoms with Crippen molar-refractivity contribution in [3.63, 3.8) is 0 Å². The number of benzene rings is 1. The molecule has 114 valence electrons. The fourth-order valence-electron chi connectivity index (χ4n) is 1.74. The average molecular weight is 302 g/mol. The first-order valence-electron chi connectivity index (χ1n) is 6.38. The van der Waals surface area contributed by atoms with Crippen LogP contribution in [0.4, 0.5) is 11.4 Å². The minimum atomic E-state index is -1.04. The number of anilines is 2. The molecule has 1 heterocycles. The van der Waals surface area contributed by atoms with E-state index >= 15 is 0 Å². The molecule has 1 aromatic heterocycles. The van der Waals surface area contributed by atoms with Gasteiger partial charge >= 0.3 is 5.97 Å². The second-order valence-corrected chi connectivity index (χ2v) is 4.50. The molecule has 0 atom stereocenters. The third kappa shape index (κ3) is 4.17. The molecule has 0 radical (unpaired) electrons. The van der Waals surface area contributed by atoms with Gasteiger partial charge in [-0.1, -0.05) is 0 Å². The summed E-state index contributed by atoms with van der Waals surface area (Å²) in [5.74, 6) is -1.67. The Kier molecular flexibility index (Phi) is 4.52. The lowest BCUT2D eigenvalue weighted by molar-refractivity contribution is -0.137. The van der Waals surface area contributed by atoms with Gasteiger partial charge in [-0.2, -0.15) is 5.10 Å². The second kappa shape index (κ2) is 6.53. The standard InChI is InChI=1S/C14H14N4O4/c1-9(19)15-10-2-4-11(5-3-10)16-14(22)12-6-7-18(17-12)8-13(20)21/h2-7H,8H2,1H3,(H,15,19)(H,16,22)(H,20,21). The van der Waals surface area contributed by atoms with Crippen molar-refractivity contribution in [2.24, 2.45) is 0 Å². The van der Waals surface area contributed by atoms with Crippen LogP contribution < -0.4 is 10.6 Å². The van der Waals surface area contributed by atoms with Crippen molar-refractivity contribution in [2.45, 2.75) is 13.5 Å². The SMILES string of the molecule is CC(=O)Nc1ccc(NC(=O)c2ccn(CC(=O)O)n2)cc1. The molecule has 0 bridgehead atoms. The Morgan fingerprint density at radius 1 is 1.09 bits per heavy atom. The second-order valence-electron chi connectivity index (χ2n) is 4.50. The third-order valence-electron chi connectivity index (χ3n) is 2.63. The fourth-order valence-corrected chi connectivity index (χ4v) is 1.74. The summed E-state index contributed by atoms with van der Waals surface area (Å²) in [5, 5.41) is 17.8. The topological polar surface area (TPSA) is 113 Å². The number of hydrogen-bond donors (Lipinski definition) is 3. The minimum Gasteiger partial charge on any atom is -0.480 e. The lowest BCUT2D eigenvalue weighted by atomic mass is 10.2. The maximum Gasteiger partial charge on any atom is 0.325 e. The zero-order valence-electron chi connectivity index (χ0n) is 11.7. The van der Waals surface area contributed by atoms with E-state index in [9.17, 15) is 14.4 Å². The Bertz CT molecular complexity index is 706. The predicted molar refractivity (Wildman–Crippen MR) is 78.6 cm³/mol. The third-order valence-corrected chi connectivity index (χ3v) is 2.63.